The van der Waals surface area contributed by atoms with E-state index in [9.17, 15) is 9.18 Å². The highest BCUT2D eigenvalue weighted by Gasteiger charge is 2.34. The first-order valence-corrected chi connectivity index (χ1v) is 8.79. The Labute approximate surface area is 172 Å². The van der Waals surface area contributed by atoms with Gasteiger partial charge in [0.2, 0.25) is 0 Å². The van der Waals surface area contributed by atoms with E-state index in [4.69, 9.17) is 15.2 Å². The topological polar surface area (TPSA) is 68.0 Å². The largest absolute Gasteiger partial charge is 0.494 e. The van der Waals surface area contributed by atoms with Crippen molar-refractivity contribution in [3.63, 3.8) is 0 Å². The summed E-state index contributed by atoms with van der Waals surface area (Å²) in [5, 5.41) is 0. The molecule has 1 amide bonds. The maximum atomic E-state index is 13.8. The molecule has 2 saturated heterocycles. The normalized spacial score (nSPS) is 22.7. The zero-order chi connectivity index (χ0) is 17.8. The molecule has 0 unspecified atom stereocenters. The Balaban J connectivity index is 0.00000182. The highest BCUT2D eigenvalue weighted by atomic mass is 35.5. The Morgan fingerprint density at radius 1 is 1.26 bits per heavy atom. The Bertz CT molecular complexity index is 616. The number of benzene rings is 1. The minimum Gasteiger partial charge on any atom is -0.494 e. The van der Waals surface area contributed by atoms with Gasteiger partial charge in [0.25, 0.3) is 5.91 Å². The fourth-order valence-corrected chi connectivity index (χ4v) is 3.46. The van der Waals surface area contributed by atoms with Crippen molar-refractivity contribution >= 4 is 30.7 Å². The third-order valence-electron chi connectivity index (χ3n) is 4.95. The summed E-state index contributed by atoms with van der Waals surface area (Å²) in [5.74, 6) is -0.0146. The van der Waals surface area contributed by atoms with Crippen LogP contribution in [0.25, 0.3) is 0 Å². The van der Waals surface area contributed by atoms with Gasteiger partial charge in [-0.2, -0.15) is 0 Å². The number of hydrogen-bond acceptors (Lipinski definition) is 5. The molecule has 2 atom stereocenters. The predicted octanol–water partition coefficient (Wildman–Crippen LogP) is 1.83. The van der Waals surface area contributed by atoms with Crippen LogP contribution in [0.5, 0.6) is 5.75 Å². The number of hydrogen-bond donors (Lipinski definition) is 1. The van der Waals surface area contributed by atoms with Crippen molar-refractivity contribution in [2.75, 3.05) is 39.8 Å². The monoisotopic (exact) mass is 423 g/mol. The molecule has 0 saturated carbocycles. The van der Waals surface area contributed by atoms with Crippen LogP contribution in [0.4, 0.5) is 4.39 Å². The maximum absolute atomic E-state index is 13.8. The van der Waals surface area contributed by atoms with E-state index in [0.29, 0.717) is 26.2 Å². The molecular weight excluding hydrogens is 396 g/mol. The highest BCUT2D eigenvalue weighted by Crippen LogP contribution is 2.22. The Kier molecular flexibility index (Phi) is 9.76. The van der Waals surface area contributed by atoms with Gasteiger partial charge in [0.15, 0.2) is 11.6 Å². The molecule has 2 N–H and O–H groups in total. The van der Waals surface area contributed by atoms with E-state index in [1.165, 1.54) is 13.2 Å². The molecule has 3 rings (SSSR count). The number of carbonyl (C=O) groups is 1. The molecule has 2 aliphatic heterocycles. The molecule has 6 nitrogen and oxygen atoms in total. The minimum atomic E-state index is -0.346. The van der Waals surface area contributed by atoms with Crippen molar-refractivity contribution in [1.29, 1.82) is 0 Å². The molecule has 1 aromatic carbocycles. The lowest BCUT2D eigenvalue weighted by Gasteiger charge is -2.35. The lowest BCUT2D eigenvalue weighted by Crippen LogP contribution is -2.51. The zero-order valence-corrected chi connectivity index (χ0v) is 17.1. The van der Waals surface area contributed by atoms with Crippen LogP contribution in [0.2, 0.25) is 0 Å². The van der Waals surface area contributed by atoms with Crippen LogP contribution in [0, 0.1) is 5.82 Å². The van der Waals surface area contributed by atoms with Crippen molar-refractivity contribution < 1.29 is 18.7 Å². The van der Waals surface area contributed by atoms with Crippen molar-refractivity contribution in [2.24, 2.45) is 5.73 Å². The number of halogens is 3. The second kappa shape index (κ2) is 11.0. The van der Waals surface area contributed by atoms with Crippen LogP contribution in [-0.4, -0.2) is 67.7 Å². The van der Waals surface area contributed by atoms with Gasteiger partial charge in [-0.25, -0.2) is 4.39 Å². The average Bonchev–Trinajstić information content (AvgIpc) is 3.11. The quantitative estimate of drug-likeness (QED) is 0.782. The summed E-state index contributed by atoms with van der Waals surface area (Å²) in [6.45, 7) is 4.02. The zero-order valence-electron chi connectivity index (χ0n) is 15.4. The fourth-order valence-electron chi connectivity index (χ4n) is 3.46. The molecule has 0 aromatic heterocycles. The summed E-state index contributed by atoms with van der Waals surface area (Å²) >= 11 is 0. The van der Waals surface area contributed by atoms with Crippen LogP contribution in [0.15, 0.2) is 18.2 Å². The van der Waals surface area contributed by atoms with Crippen molar-refractivity contribution in [3.05, 3.63) is 29.6 Å². The SMILES string of the molecule is COc1ccc(CN2CCN(C(=O)[C@@H]3CC[C@H](CN)O3)CC2)cc1F.Cl.Cl. The number of carbonyl (C=O) groups excluding carboxylic acids is 1. The molecular formula is C18H28Cl2FN3O3. The molecule has 154 valence electrons. The number of ether oxygens (including phenoxy) is 2. The molecule has 2 heterocycles. The predicted molar refractivity (Wildman–Crippen MR) is 106 cm³/mol. The molecule has 1 aromatic rings. The molecule has 27 heavy (non-hydrogen) atoms. The van der Waals surface area contributed by atoms with E-state index in [1.54, 1.807) is 6.07 Å². The van der Waals surface area contributed by atoms with Crippen LogP contribution in [0.3, 0.4) is 0 Å². The third-order valence-corrected chi connectivity index (χ3v) is 4.95. The van der Waals surface area contributed by atoms with Crippen molar-refractivity contribution in [2.45, 2.75) is 31.6 Å². The number of methoxy groups -OCH3 is 1. The lowest BCUT2D eigenvalue weighted by molar-refractivity contribution is -0.144. The number of piperazine rings is 1. The summed E-state index contributed by atoms with van der Waals surface area (Å²) in [6.07, 6.45) is 1.29. The number of nitrogens with two attached hydrogens (primary N) is 1. The second-order valence-corrected chi connectivity index (χ2v) is 6.63. The van der Waals surface area contributed by atoms with Crippen LogP contribution < -0.4 is 10.5 Å². The van der Waals surface area contributed by atoms with Crippen LogP contribution in [-0.2, 0) is 16.1 Å². The van der Waals surface area contributed by atoms with E-state index in [-0.39, 0.29) is 54.5 Å². The van der Waals surface area contributed by atoms with Gasteiger partial charge >= 0.3 is 0 Å². The molecule has 2 aliphatic rings. The summed E-state index contributed by atoms with van der Waals surface area (Å²) in [4.78, 5) is 16.6. The van der Waals surface area contributed by atoms with Crippen molar-refractivity contribution in [3.8, 4) is 5.75 Å². The van der Waals surface area contributed by atoms with Gasteiger partial charge in [0.05, 0.1) is 13.2 Å². The third kappa shape index (κ3) is 5.93. The lowest BCUT2D eigenvalue weighted by atomic mass is 10.1. The Hall–Kier alpha value is -1.12. The smallest absolute Gasteiger partial charge is 0.251 e. The van der Waals surface area contributed by atoms with Gasteiger partial charge in [0, 0.05) is 39.3 Å². The minimum absolute atomic E-state index is 0. The summed E-state index contributed by atoms with van der Waals surface area (Å²) in [7, 11) is 1.46. The number of nitrogens with zero attached hydrogens (tertiary/aromatic N) is 2. The summed E-state index contributed by atoms with van der Waals surface area (Å²) < 4.78 is 24.4. The molecule has 2 fully saturated rings. The van der Waals surface area contributed by atoms with Gasteiger partial charge in [-0.15, -0.1) is 24.8 Å². The van der Waals surface area contributed by atoms with Crippen molar-refractivity contribution in [1.82, 2.24) is 9.80 Å². The molecule has 0 spiro atoms. The average molecular weight is 424 g/mol. The van der Waals surface area contributed by atoms with Crippen LogP contribution >= 0.6 is 24.8 Å². The number of rotatable bonds is 5. The van der Waals surface area contributed by atoms with E-state index >= 15 is 0 Å². The van der Waals surface area contributed by atoms with E-state index < -0.39 is 0 Å². The second-order valence-electron chi connectivity index (χ2n) is 6.63. The molecule has 0 bridgehead atoms. The van der Waals surface area contributed by atoms with Gasteiger partial charge in [0.1, 0.15) is 6.10 Å². The van der Waals surface area contributed by atoms with Gasteiger partial charge in [-0.3, -0.25) is 9.69 Å². The molecule has 0 radical (unpaired) electrons. The van der Waals surface area contributed by atoms with Gasteiger partial charge < -0.3 is 20.1 Å². The highest BCUT2D eigenvalue weighted by molar-refractivity contribution is 5.85. The van der Waals surface area contributed by atoms with Crippen LogP contribution in [0.1, 0.15) is 18.4 Å². The Morgan fingerprint density at radius 3 is 2.52 bits per heavy atom. The first-order valence-electron chi connectivity index (χ1n) is 8.79. The van der Waals surface area contributed by atoms with E-state index in [2.05, 4.69) is 4.90 Å². The molecule has 9 heteroatoms. The van der Waals surface area contributed by atoms with E-state index in [0.717, 1.165) is 31.5 Å². The molecule has 0 aliphatic carbocycles. The summed E-state index contributed by atoms with van der Waals surface area (Å²) in [5.41, 5.74) is 6.51. The summed E-state index contributed by atoms with van der Waals surface area (Å²) in [6, 6.07) is 5.03. The Morgan fingerprint density at radius 2 is 1.96 bits per heavy atom. The maximum Gasteiger partial charge on any atom is 0.251 e. The van der Waals surface area contributed by atoms with Gasteiger partial charge in [-0.1, -0.05) is 6.07 Å². The first-order chi connectivity index (χ1) is 12.1. The van der Waals surface area contributed by atoms with Gasteiger partial charge in [-0.05, 0) is 30.5 Å². The van der Waals surface area contributed by atoms with E-state index in [1.807, 2.05) is 11.0 Å². The standard InChI is InChI=1S/C18H26FN3O3.2ClH/c1-24-16-4-2-13(10-15(16)19)12-21-6-8-22(9-7-21)18(23)17-5-3-14(11-20)25-17;;/h2,4,10,14,17H,3,5-9,11-12,20H2,1H3;2*1H/t14-,17+;;/m1../s1. The fraction of sp³-hybridized carbons (Fsp3) is 0.611. The number of amides is 1. The first kappa shape index (κ1) is 23.9.